The fourth-order valence-corrected chi connectivity index (χ4v) is 4.18. The number of carbonyl (C=O) groups excluding carboxylic acids is 2. The molecule has 6 nitrogen and oxygen atoms in total. The highest BCUT2D eigenvalue weighted by atomic mass is 32.1. The Bertz CT molecular complexity index is 1170. The van der Waals surface area contributed by atoms with Crippen molar-refractivity contribution >= 4 is 23.2 Å². The molecule has 2 aromatic heterocycles. The van der Waals surface area contributed by atoms with Crippen molar-refractivity contribution in [2.75, 3.05) is 7.11 Å². The second-order valence-corrected chi connectivity index (χ2v) is 8.24. The van der Waals surface area contributed by atoms with Crippen molar-refractivity contribution < 1.29 is 14.3 Å². The maximum atomic E-state index is 13.3. The molecule has 2 heterocycles. The molecule has 0 aliphatic carbocycles. The van der Waals surface area contributed by atoms with Gasteiger partial charge in [0.25, 0.3) is 5.91 Å². The molecular formula is C25H23N3O3S. The SMILES string of the molecule is COC(=O)[C@H](Cc1ccccc1)NC(=O)c1cn(Cc2ccccc2)nc1-c1cccs1. The van der Waals surface area contributed by atoms with E-state index < -0.39 is 12.0 Å². The van der Waals surface area contributed by atoms with Crippen molar-refractivity contribution in [3.05, 3.63) is 101 Å². The molecule has 1 N–H and O–H groups in total. The standard InChI is InChI=1S/C25H23N3O3S/c1-31-25(30)21(15-18-9-4-2-5-10-18)26-24(29)20-17-28(16-19-11-6-3-7-12-19)27-23(20)22-13-8-14-32-22/h2-14,17,21H,15-16H2,1H3,(H,26,29)/t21-/m0/s1. The number of amides is 1. The number of thiophene rings is 1. The van der Waals surface area contributed by atoms with E-state index in [1.54, 1.807) is 10.9 Å². The number of carbonyl (C=O) groups is 2. The minimum atomic E-state index is -0.802. The lowest BCUT2D eigenvalue weighted by molar-refractivity contribution is -0.142. The van der Waals surface area contributed by atoms with Crippen molar-refractivity contribution in [2.45, 2.75) is 19.0 Å². The van der Waals surface area contributed by atoms with Gasteiger partial charge in [-0.25, -0.2) is 4.79 Å². The van der Waals surface area contributed by atoms with E-state index >= 15 is 0 Å². The van der Waals surface area contributed by atoms with Crippen LogP contribution in [0.25, 0.3) is 10.6 Å². The Morgan fingerprint density at radius 2 is 1.69 bits per heavy atom. The van der Waals surface area contributed by atoms with Crippen molar-refractivity contribution in [2.24, 2.45) is 0 Å². The average molecular weight is 446 g/mol. The van der Waals surface area contributed by atoms with E-state index in [0.29, 0.717) is 24.2 Å². The molecule has 0 bridgehead atoms. The van der Waals surface area contributed by atoms with Gasteiger partial charge < -0.3 is 10.1 Å². The predicted molar refractivity (Wildman–Crippen MR) is 125 cm³/mol. The molecule has 0 saturated carbocycles. The largest absolute Gasteiger partial charge is 0.467 e. The highest BCUT2D eigenvalue weighted by Crippen LogP contribution is 2.27. The van der Waals surface area contributed by atoms with Crippen LogP contribution in [0, 0.1) is 0 Å². The molecular weight excluding hydrogens is 422 g/mol. The van der Waals surface area contributed by atoms with Crippen molar-refractivity contribution in [1.82, 2.24) is 15.1 Å². The van der Waals surface area contributed by atoms with Crippen molar-refractivity contribution in [3.8, 4) is 10.6 Å². The highest BCUT2D eigenvalue weighted by molar-refractivity contribution is 7.13. The number of methoxy groups -OCH3 is 1. The fraction of sp³-hybridized carbons (Fsp3) is 0.160. The molecule has 0 unspecified atom stereocenters. The molecule has 4 rings (SSSR count). The summed E-state index contributed by atoms with van der Waals surface area (Å²) in [6, 6.07) is 22.5. The lowest BCUT2D eigenvalue weighted by Gasteiger charge is -2.16. The number of aromatic nitrogens is 2. The zero-order chi connectivity index (χ0) is 22.3. The maximum absolute atomic E-state index is 13.3. The first kappa shape index (κ1) is 21.5. The Morgan fingerprint density at radius 1 is 1.00 bits per heavy atom. The second kappa shape index (κ2) is 10.1. The zero-order valence-corrected chi connectivity index (χ0v) is 18.4. The number of nitrogens with one attached hydrogen (secondary N) is 1. The van der Waals surface area contributed by atoms with Gasteiger partial charge in [-0.05, 0) is 22.6 Å². The van der Waals surface area contributed by atoms with Crippen LogP contribution < -0.4 is 5.32 Å². The lowest BCUT2D eigenvalue weighted by Crippen LogP contribution is -2.43. The van der Waals surface area contributed by atoms with Gasteiger partial charge in [0.1, 0.15) is 11.7 Å². The van der Waals surface area contributed by atoms with Crippen LogP contribution in [-0.4, -0.2) is 34.8 Å². The van der Waals surface area contributed by atoms with Crippen LogP contribution in [-0.2, 0) is 22.5 Å². The van der Waals surface area contributed by atoms with Gasteiger partial charge in [-0.1, -0.05) is 66.7 Å². The van der Waals surface area contributed by atoms with Gasteiger partial charge in [-0.2, -0.15) is 5.10 Å². The van der Waals surface area contributed by atoms with E-state index in [1.165, 1.54) is 18.4 Å². The molecule has 1 atom stereocenters. The number of esters is 1. The monoisotopic (exact) mass is 445 g/mol. The molecule has 0 aliphatic heterocycles. The minimum absolute atomic E-state index is 0.339. The molecule has 0 fully saturated rings. The van der Waals surface area contributed by atoms with E-state index in [-0.39, 0.29) is 5.91 Å². The van der Waals surface area contributed by atoms with Crippen LogP contribution in [0.5, 0.6) is 0 Å². The first-order chi connectivity index (χ1) is 15.6. The van der Waals surface area contributed by atoms with Crippen molar-refractivity contribution in [3.63, 3.8) is 0 Å². The normalized spacial score (nSPS) is 11.7. The number of benzene rings is 2. The average Bonchev–Trinajstić information content (AvgIpc) is 3.49. The molecule has 0 aliphatic rings. The van der Waals surface area contributed by atoms with E-state index in [9.17, 15) is 9.59 Å². The highest BCUT2D eigenvalue weighted by Gasteiger charge is 2.26. The molecule has 0 radical (unpaired) electrons. The molecule has 32 heavy (non-hydrogen) atoms. The summed E-state index contributed by atoms with van der Waals surface area (Å²) >= 11 is 1.51. The first-order valence-electron chi connectivity index (χ1n) is 10.2. The van der Waals surface area contributed by atoms with Crippen molar-refractivity contribution in [1.29, 1.82) is 0 Å². The van der Waals surface area contributed by atoms with Gasteiger partial charge in [0.2, 0.25) is 0 Å². The predicted octanol–water partition coefficient (Wildman–Crippen LogP) is 4.17. The van der Waals surface area contributed by atoms with E-state index in [0.717, 1.165) is 16.0 Å². The van der Waals surface area contributed by atoms with Gasteiger partial charge in [0.15, 0.2) is 0 Å². The summed E-state index contributed by atoms with van der Waals surface area (Å²) in [7, 11) is 1.32. The van der Waals surface area contributed by atoms with Gasteiger partial charge in [-0.15, -0.1) is 11.3 Å². The minimum Gasteiger partial charge on any atom is -0.467 e. The Morgan fingerprint density at radius 3 is 2.31 bits per heavy atom. The topological polar surface area (TPSA) is 73.2 Å². The third-order valence-electron chi connectivity index (χ3n) is 5.02. The Kier molecular flexibility index (Phi) is 6.77. The van der Waals surface area contributed by atoms with E-state index in [2.05, 4.69) is 10.4 Å². The number of ether oxygens (including phenoxy) is 1. The third kappa shape index (κ3) is 5.12. The summed E-state index contributed by atoms with van der Waals surface area (Å²) in [5, 5.41) is 9.47. The zero-order valence-electron chi connectivity index (χ0n) is 17.6. The van der Waals surface area contributed by atoms with Crippen LogP contribution in [0.4, 0.5) is 0 Å². The summed E-state index contributed by atoms with van der Waals surface area (Å²) in [4.78, 5) is 26.6. The quantitative estimate of drug-likeness (QED) is 0.413. The number of nitrogens with zero attached hydrogens (tertiary/aromatic N) is 2. The molecule has 2 aromatic carbocycles. The van der Waals surface area contributed by atoms with Gasteiger partial charge >= 0.3 is 5.97 Å². The Labute approximate surface area is 190 Å². The molecule has 4 aromatic rings. The van der Waals surface area contributed by atoms with Gasteiger partial charge in [0, 0.05) is 12.6 Å². The molecule has 162 valence electrons. The van der Waals surface area contributed by atoms with Gasteiger partial charge in [-0.3, -0.25) is 9.48 Å². The molecule has 7 heteroatoms. The van der Waals surface area contributed by atoms with Crippen LogP contribution in [0.1, 0.15) is 21.5 Å². The number of rotatable bonds is 8. The van der Waals surface area contributed by atoms with Crippen LogP contribution in [0.15, 0.2) is 84.4 Å². The summed E-state index contributed by atoms with van der Waals surface area (Å²) < 4.78 is 6.69. The van der Waals surface area contributed by atoms with E-state index in [4.69, 9.17) is 4.74 Å². The number of hydrogen-bond acceptors (Lipinski definition) is 5. The fourth-order valence-electron chi connectivity index (χ4n) is 3.46. The molecule has 0 spiro atoms. The smallest absolute Gasteiger partial charge is 0.328 e. The summed E-state index contributed by atoms with van der Waals surface area (Å²) in [6.45, 7) is 0.539. The van der Waals surface area contributed by atoms with Crippen LogP contribution in [0.3, 0.4) is 0 Å². The second-order valence-electron chi connectivity index (χ2n) is 7.29. The molecule has 0 saturated heterocycles. The van der Waals surface area contributed by atoms with Gasteiger partial charge in [0.05, 0.1) is 24.1 Å². The summed E-state index contributed by atoms with van der Waals surface area (Å²) in [6.07, 6.45) is 2.07. The van der Waals surface area contributed by atoms with Crippen LogP contribution in [0.2, 0.25) is 0 Å². The third-order valence-corrected chi connectivity index (χ3v) is 5.90. The molecule has 1 amide bonds. The van der Waals surface area contributed by atoms with Crippen LogP contribution >= 0.6 is 11.3 Å². The maximum Gasteiger partial charge on any atom is 0.328 e. The first-order valence-corrected chi connectivity index (χ1v) is 11.1. The summed E-state index contributed by atoms with van der Waals surface area (Å²) in [5.74, 6) is -0.851. The number of hydrogen-bond donors (Lipinski definition) is 1. The van der Waals surface area contributed by atoms with E-state index in [1.807, 2.05) is 78.2 Å². The Balaban J connectivity index is 1.61. The summed E-state index contributed by atoms with van der Waals surface area (Å²) in [5.41, 5.74) is 3.03. The lowest BCUT2D eigenvalue weighted by atomic mass is 10.1. The Hall–Kier alpha value is -3.71.